The van der Waals surface area contributed by atoms with Crippen LogP contribution < -0.4 is 0 Å². The van der Waals surface area contributed by atoms with E-state index in [2.05, 4.69) is 0 Å². The van der Waals surface area contributed by atoms with Crippen LogP contribution in [-0.2, 0) is 35.7 Å². The van der Waals surface area contributed by atoms with E-state index in [0.29, 0.717) is 30.6 Å². The van der Waals surface area contributed by atoms with Gasteiger partial charge in [-0.25, -0.2) is 9.59 Å². The Kier molecular flexibility index (Phi) is 6.23. The molecule has 0 saturated carbocycles. The van der Waals surface area contributed by atoms with E-state index in [1.165, 1.54) is 0 Å². The Labute approximate surface area is 171 Å². The van der Waals surface area contributed by atoms with Gasteiger partial charge in [-0.15, -0.1) is 0 Å². The molecule has 0 spiro atoms. The molecule has 2 aromatic rings. The second-order valence-electron chi connectivity index (χ2n) is 8.15. The maximum absolute atomic E-state index is 12.6. The molecular weight excluding hydrogens is 370 g/mol. The molecule has 1 amide bonds. The molecule has 1 N–H and O–H groups in total. The van der Waals surface area contributed by atoms with E-state index in [4.69, 9.17) is 9.47 Å². The number of nitrogens with zero attached hydrogens (tertiary/aromatic N) is 1. The Morgan fingerprint density at radius 3 is 2.48 bits per heavy atom. The Balaban J connectivity index is 1.73. The van der Waals surface area contributed by atoms with E-state index in [0.717, 1.165) is 16.7 Å². The Bertz CT molecular complexity index is 886. The lowest BCUT2D eigenvalue weighted by Crippen LogP contribution is -2.36. The molecule has 0 aromatic heterocycles. The number of carbonyl (C=O) groups excluding carboxylic acids is 2. The van der Waals surface area contributed by atoms with Gasteiger partial charge in [-0.3, -0.25) is 0 Å². The van der Waals surface area contributed by atoms with Gasteiger partial charge < -0.3 is 19.5 Å². The first-order valence-electron chi connectivity index (χ1n) is 9.71. The number of aliphatic hydroxyl groups is 1. The Morgan fingerprint density at radius 1 is 1.10 bits per heavy atom. The first kappa shape index (κ1) is 20.9. The van der Waals surface area contributed by atoms with Crippen molar-refractivity contribution in [2.45, 2.75) is 52.6 Å². The number of esters is 1. The summed E-state index contributed by atoms with van der Waals surface area (Å²) in [6, 6.07) is 13.1. The summed E-state index contributed by atoms with van der Waals surface area (Å²) in [4.78, 5) is 26.7. The summed E-state index contributed by atoms with van der Waals surface area (Å²) in [6.45, 7) is 6.24. The summed E-state index contributed by atoms with van der Waals surface area (Å²) in [7, 11) is 0. The molecule has 0 bridgehead atoms. The zero-order chi connectivity index (χ0) is 21.0. The van der Waals surface area contributed by atoms with E-state index in [9.17, 15) is 14.7 Å². The van der Waals surface area contributed by atoms with Crippen LogP contribution in [0.1, 0.15) is 53.4 Å². The van der Waals surface area contributed by atoms with Gasteiger partial charge in [0.1, 0.15) is 12.2 Å². The summed E-state index contributed by atoms with van der Waals surface area (Å²) in [6.07, 6.45) is 0.252. The molecule has 29 heavy (non-hydrogen) atoms. The molecule has 154 valence electrons. The third kappa shape index (κ3) is 5.35. The van der Waals surface area contributed by atoms with Crippen molar-refractivity contribution in [2.75, 3.05) is 6.54 Å². The number of hydrogen-bond donors (Lipinski definition) is 1. The fraction of sp³-hybridized carbons (Fsp3) is 0.391. The smallest absolute Gasteiger partial charge is 0.410 e. The molecule has 0 atom stereocenters. The molecule has 0 fully saturated rings. The standard InChI is InChI=1S/C23H27NO5/c1-23(2,3)29-21(26)20-12-18-13-24(10-9-17(18)11-19(20)14-25)22(27)28-15-16-7-5-4-6-8-16/h4-8,11-12,25H,9-10,13-15H2,1-3H3. The monoisotopic (exact) mass is 397 g/mol. The fourth-order valence-corrected chi connectivity index (χ4v) is 3.28. The van der Waals surface area contributed by atoms with Gasteiger partial charge in [0.05, 0.1) is 12.2 Å². The van der Waals surface area contributed by atoms with E-state index in [1.807, 2.05) is 36.4 Å². The minimum atomic E-state index is -0.632. The first-order chi connectivity index (χ1) is 13.8. The number of amides is 1. The summed E-state index contributed by atoms with van der Waals surface area (Å²) < 4.78 is 10.9. The quantitative estimate of drug-likeness (QED) is 0.794. The maximum atomic E-state index is 12.6. The number of benzene rings is 2. The highest BCUT2D eigenvalue weighted by Gasteiger charge is 2.26. The second kappa shape index (κ2) is 8.66. The first-order valence-corrected chi connectivity index (χ1v) is 9.71. The molecule has 1 aliphatic heterocycles. The van der Waals surface area contributed by atoms with Gasteiger partial charge >= 0.3 is 12.1 Å². The highest BCUT2D eigenvalue weighted by Crippen LogP contribution is 2.26. The highest BCUT2D eigenvalue weighted by atomic mass is 16.6. The van der Waals surface area contributed by atoms with Crippen molar-refractivity contribution in [2.24, 2.45) is 0 Å². The SMILES string of the molecule is CC(C)(C)OC(=O)c1cc2c(cc1CO)CCN(C(=O)OCc1ccccc1)C2. The number of fused-ring (bicyclic) bond motifs is 1. The molecule has 3 rings (SSSR count). The average molecular weight is 397 g/mol. The lowest BCUT2D eigenvalue weighted by atomic mass is 9.93. The van der Waals surface area contributed by atoms with Crippen LogP contribution in [0.5, 0.6) is 0 Å². The van der Waals surface area contributed by atoms with Crippen LogP contribution in [-0.4, -0.2) is 34.2 Å². The number of aliphatic hydroxyl groups excluding tert-OH is 1. The number of rotatable bonds is 4. The van der Waals surface area contributed by atoms with Crippen LogP contribution in [0.2, 0.25) is 0 Å². The van der Waals surface area contributed by atoms with Crippen LogP contribution in [0.25, 0.3) is 0 Å². The van der Waals surface area contributed by atoms with Crippen LogP contribution in [0.15, 0.2) is 42.5 Å². The average Bonchev–Trinajstić information content (AvgIpc) is 2.70. The molecule has 6 heteroatoms. The van der Waals surface area contributed by atoms with Crippen molar-refractivity contribution in [3.05, 3.63) is 70.3 Å². The van der Waals surface area contributed by atoms with Gasteiger partial charge in [-0.2, -0.15) is 0 Å². The molecular formula is C23H27NO5. The molecule has 1 heterocycles. The molecule has 0 aliphatic carbocycles. The van der Waals surface area contributed by atoms with Gasteiger partial charge in [0.15, 0.2) is 0 Å². The maximum Gasteiger partial charge on any atom is 0.410 e. The van der Waals surface area contributed by atoms with Gasteiger partial charge in [-0.05, 0) is 55.5 Å². The summed E-state index contributed by atoms with van der Waals surface area (Å²) in [5.74, 6) is -0.479. The van der Waals surface area contributed by atoms with Crippen molar-refractivity contribution in [3.63, 3.8) is 0 Å². The van der Waals surface area contributed by atoms with E-state index in [-0.39, 0.29) is 19.3 Å². The Morgan fingerprint density at radius 2 is 1.83 bits per heavy atom. The summed E-state index contributed by atoms with van der Waals surface area (Å²) in [5.41, 5.74) is 3.06. The van der Waals surface area contributed by atoms with Crippen molar-refractivity contribution < 1.29 is 24.2 Å². The molecule has 6 nitrogen and oxygen atoms in total. The third-order valence-electron chi connectivity index (χ3n) is 4.69. The predicted molar refractivity (Wildman–Crippen MR) is 108 cm³/mol. The van der Waals surface area contributed by atoms with E-state index >= 15 is 0 Å². The molecule has 0 radical (unpaired) electrons. The van der Waals surface area contributed by atoms with Gasteiger partial charge in [0, 0.05) is 13.1 Å². The molecule has 1 aliphatic rings. The minimum absolute atomic E-state index is 0.218. The van der Waals surface area contributed by atoms with Crippen LogP contribution in [0.3, 0.4) is 0 Å². The summed E-state index contributed by atoms with van der Waals surface area (Å²) >= 11 is 0. The van der Waals surface area contributed by atoms with Crippen LogP contribution >= 0.6 is 0 Å². The van der Waals surface area contributed by atoms with Crippen LogP contribution in [0.4, 0.5) is 4.79 Å². The van der Waals surface area contributed by atoms with Crippen molar-refractivity contribution in [1.82, 2.24) is 4.90 Å². The zero-order valence-electron chi connectivity index (χ0n) is 17.1. The van der Waals surface area contributed by atoms with Gasteiger partial charge in [-0.1, -0.05) is 36.4 Å². The number of hydrogen-bond acceptors (Lipinski definition) is 5. The molecule has 0 unspecified atom stereocenters. The Hall–Kier alpha value is -2.86. The van der Waals surface area contributed by atoms with E-state index < -0.39 is 11.6 Å². The van der Waals surface area contributed by atoms with Crippen molar-refractivity contribution >= 4 is 12.1 Å². The fourth-order valence-electron chi connectivity index (χ4n) is 3.28. The highest BCUT2D eigenvalue weighted by molar-refractivity contribution is 5.92. The van der Waals surface area contributed by atoms with Crippen molar-refractivity contribution in [3.8, 4) is 0 Å². The molecule has 0 saturated heterocycles. The normalized spacial score (nSPS) is 13.6. The van der Waals surface area contributed by atoms with Crippen molar-refractivity contribution in [1.29, 1.82) is 0 Å². The number of ether oxygens (including phenoxy) is 2. The molecule has 2 aromatic carbocycles. The topological polar surface area (TPSA) is 76.1 Å². The van der Waals surface area contributed by atoms with E-state index in [1.54, 1.807) is 31.7 Å². The minimum Gasteiger partial charge on any atom is -0.456 e. The number of carbonyl (C=O) groups is 2. The van der Waals surface area contributed by atoms with Crippen LogP contribution in [0, 0.1) is 0 Å². The zero-order valence-corrected chi connectivity index (χ0v) is 17.1. The summed E-state index contributed by atoms with van der Waals surface area (Å²) in [5, 5.41) is 9.69. The second-order valence-corrected chi connectivity index (χ2v) is 8.15. The predicted octanol–water partition coefficient (Wildman–Crippen LogP) is 3.83. The lowest BCUT2D eigenvalue weighted by molar-refractivity contribution is 0.00663. The third-order valence-corrected chi connectivity index (χ3v) is 4.69. The largest absolute Gasteiger partial charge is 0.456 e. The lowest BCUT2D eigenvalue weighted by Gasteiger charge is -2.29. The van der Waals surface area contributed by atoms with Gasteiger partial charge in [0.2, 0.25) is 0 Å². The van der Waals surface area contributed by atoms with Gasteiger partial charge in [0.25, 0.3) is 0 Å².